The van der Waals surface area contributed by atoms with Crippen molar-refractivity contribution >= 4 is 5.69 Å². The van der Waals surface area contributed by atoms with E-state index < -0.39 is 0 Å². The van der Waals surface area contributed by atoms with Crippen LogP contribution in [-0.2, 0) is 11.3 Å². The Morgan fingerprint density at radius 3 is 2.50 bits per heavy atom. The second kappa shape index (κ2) is 5.70. The number of hydrogen-bond acceptors (Lipinski definition) is 4. The van der Waals surface area contributed by atoms with Crippen LogP contribution in [0.3, 0.4) is 0 Å². The number of nitrogens with one attached hydrogen (secondary N) is 1. The monoisotopic (exact) mass is 277 g/mol. The number of hydrogen-bond donors (Lipinski definition) is 1. The molecule has 112 valence electrons. The molecule has 1 fully saturated rings. The molecule has 4 heteroatoms. The maximum absolute atomic E-state index is 6.12. The number of pyridine rings is 1. The molecule has 0 amide bonds. The lowest BCUT2D eigenvalue weighted by Crippen LogP contribution is -2.56. The predicted molar refractivity (Wildman–Crippen MR) is 82.9 cm³/mol. The normalized spacial score (nSPS) is 21.6. The molecule has 1 aromatic heterocycles. The first-order valence-corrected chi connectivity index (χ1v) is 7.41. The molecule has 1 aliphatic heterocycles. The van der Waals surface area contributed by atoms with Crippen LogP contribution >= 0.6 is 0 Å². The molecule has 1 aromatic rings. The lowest BCUT2D eigenvalue weighted by atomic mass is 9.99. The highest BCUT2D eigenvalue weighted by molar-refractivity contribution is 5.42. The zero-order chi connectivity index (χ0) is 14.8. The van der Waals surface area contributed by atoms with Crippen molar-refractivity contribution in [1.29, 1.82) is 0 Å². The second-order valence-corrected chi connectivity index (χ2v) is 6.83. The van der Waals surface area contributed by atoms with Crippen LogP contribution in [0.15, 0.2) is 18.3 Å². The Bertz CT molecular complexity index is 441. The summed E-state index contributed by atoms with van der Waals surface area (Å²) >= 11 is 0. The van der Waals surface area contributed by atoms with Crippen molar-refractivity contribution in [2.24, 2.45) is 0 Å². The topological polar surface area (TPSA) is 37.4 Å². The van der Waals surface area contributed by atoms with Gasteiger partial charge in [0.05, 0.1) is 16.9 Å². The van der Waals surface area contributed by atoms with Crippen LogP contribution in [-0.4, -0.2) is 40.7 Å². The van der Waals surface area contributed by atoms with Crippen molar-refractivity contribution in [3.05, 3.63) is 24.0 Å². The Kier molecular flexibility index (Phi) is 4.35. The molecule has 0 aliphatic carbocycles. The summed E-state index contributed by atoms with van der Waals surface area (Å²) < 4.78 is 6.12. The van der Waals surface area contributed by atoms with E-state index in [2.05, 4.69) is 55.9 Å². The average molecular weight is 277 g/mol. The van der Waals surface area contributed by atoms with Gasteiger partial charge in [-0.05, 0) is 46.8 Å². The maximum atomic E-state index is 6.12. The zero-order valence-corrected chi connectivity index (χ0v) is 13.4. The summed E-state index contributed by atoms with van der Waals surface area (Å²) in [6.45, 7) is 14.4. The quantitative estimate of drug-likeness (QED) is 0.918. The van der Waals surface area contributed by atoms with Crippen LogP contribution in [0.4, 0.5) is 5.69 Å². The van der Waals surface area contributed by atoms with Gasteiger partial charge in [0.2, 0.25) is 0 Å². The van der Waals surface area contributed by atoms with Gasteiger partial charge in [-0.25, -0.2) is 0 Å². The fraction of sp³-hybridized carbons (Fsp3) is 0.688. The predicted octanol–water partition coefficient (Wildman–Crippen LogP) is 2.90. The highest BCUT2D eigenvalue weighted by Gasteiger charge is 2.37. The maximum Gasteiger partial charge on any atom is 0.0760 e. The second-order valence-electron chi connectivity index (χ2n) is 6.83. The highest BCUT2D eigenvalue weighted by Crippen LogP contribution is 2.28. The van der Waals surface area contributed by atoms with Gasteiger partial charge in [0.15, 0.2) is 0 Å². The van der Waals surface area contributed by atoms with Gasteiger partial charge >= 0.3 is 0 Å². The first kappa shape index (κ1) is 15.3. The molecule has 0 aromatic carbocycles. The third-order valence-corrected chi connectivity index (χ3v) is 3.34. The molecule has 4 nitrogen and oxygen atoms in total. The van der Waals surface area contributed by atoms with Gasteiger partial charge in [-0.2, -0.15) is 0 Å². The Labute approximate surface area is 122 Å². The molecule has 2 heterocycles. The van der Waals surface area contributed by atoms with E-state index in [1.807, 2.05) is 12.3 Å². The van der Waals surface area contributed by atoms with Crippen molar-refractivity contribution in [3.8, 4) is 0 Å². The van der Waals surface area contributed by atoms with Crippen LogP contribution in [0.2, 0.25) is 0 Å². The first-order valence-electron chi connectivity index (χ1n) is 7.41. The van der Waals surface area contributed by atoms with Gasteiger partial charge in [0.1, 0.15) is 0 Å². The number of ether oxygens (including phenoxy) is 1. The Hall–Kier alpha value is -1.13. The highest BCUT2D eigenvalue weighted by atomic mass is 16.5. The number of nitrogens with zero attached hydrogens (tertiary/aromatic N) is 2. The molecule has 0 radical (unpaired) electrons. The molecule has 0 bridgehead atoms. The van der Waals surface area contributed by atoms with E-state index in [-0.39, 0.29) is 11.2 Å². The van der Waals surface area contributed by atoms with E-state index in [1.54, 1.807) is 0 Å². The molecule has 1 saturated heterocycles. The molecule has 1 N–H and O–H groups in total. The van der Waals surface area contributed by atoms with E-state index in [0.717, 1.165) is 37.6 Å². The minimum absolute atomic E-state index is 0.110. The molecule has 1 aliphatic rings. The molecule has 2 rings (SSSR count). The van der Waals surface area contributed by atoms with Gasteiger partial charge in [0, 0.05) is 38.1 Å². The fourth-order valence-corrected chi connectivity index (χ4v) is 3.17. The Morgan fingerprint density at radius 1 is 1.25 bits per heavy atom. The zero-order valence-electron chi connectivity index (χ0n) is 13.4. The molecule has 0 unspecified atom stereocenters. The van der Waals surface area contributed by atoms with Crippen LogP contribution in [0.25, 0.3) is 0 Å². The van der Waals surface area contributed by atoms with Crippen LogP contribution < -0.4 is 5.32 Å². The Balaban J connectivity index is 2.07. The van der Waals surface area contributed by atoms with Gasteiger partial charge in [-0.1, -0.05) is 0 Å². The van der Waals surface area contributed by atoms with E-state index >= 15 is 0 Å². The van der Waals surface area contributed by atoms with Gasteiger partial charge in [-0.3, -0.25) is 9.88 Å². The lowest BCUT2D eigenvalue weighted by Gasteiger charge is -2.47. The molecule has 0 spiro atoms. The summed E-state index contributed by atoms with van der Waals surface area (Å²) in [5.41, 5.74) is 2.03. The van der Waals surface area contributed by atoms with Crippen LogP contribution in [0.5, 0.6) is 0 Å². The minimum Gasteiger partial charge on any atom is -0.385 e. The largest absolute Gasteiger partial charge is 0.385 e. The third-order valence-electron chi connectivity index (χ3n) is 3.34. The summed E-state index contributed by atoms with van der Waals surface area (Å²) in [6.07, 6.45) is 1.88. The van der Waals surface area contributed by atoms with Crippen LogP contribution in [0, 0.1) is 0 Å². The summed E-state index contributed by atoms with van der Waals surface area (Å²) in [6, 6.07) is 4.15. The van der Waals surface area contributed by atoms with E-state index in [9.17, 15) is 0 Å². The standard InChI is InChI=1S/C16H27N3O/c1-6-17-13-7-8-18-14(9-13)10-19-11-15(2,3)20-16(4,5)12-19/h7-9H,6,10-12H2,1-5H3,(H,17,18). The first-order chi connectivity index (χ1) is 9.30. The van der Waals surface area contributed by atoms with Crippen molar-refractivity contribution in [1.82, 2.24) is 9.88 Å². The van der Waals surface area contributed by atoms with Crippen molar-refractivity contribution in [3.63, 3.8) is 0 Å². The molecular weight excluding hydrogens is 250 g/mol. The summed E-state index contributed by atoms with van der Waals surface area (Å²) in [7, 11) is 0. The van der Waals surface area contributed by atoms with Crippen molar-refractivity contribution in [2.45, 2.75) is 52.4 Å². The third kappa shape index (κ3) is 4.18. The van der Waals surface area contributed by atoms with Crippen molar-refractivity contribution < 1.29 is 4.74 Å². The van der Waals surface area contributed by atoms with Crippen molar-refractivity contribution in [2.75, 3.05) is 25.0 Å². The Morgan fingerprint density at radius 2 is 1.90 bits per heavy atom. The SMILES string of the molecule is CCNc1ccnc(CN2CC(C)(C)OC(C)(C)C2)c1. The minimum atomic E-state index is -0.110. The summed E-state index contributed by atoms with van der Waals surface area (Å²) in [4.78, 5) is 6.92. The van der Waals surface area contributed by atoms with Gasteiger partial charge < -0.3 is 10.1 Å². The lowest BCUT2D eigenvalue weighted by molar-refractivity contribution is -0.182. The number of anilines is 1. The molecular formula is C16H27N3O. The number of morpholine rings is 1. The molecule has 0 atom stereocenters. The molecule has 20 heavy (non-hydrogen) atoms. The van der Waals surface area contributed by atoms with E-state index in [4.69, 9.17) is 4.74 Å². The van der Waals surface area contributed by atoms with E-state index in [0.29, 0.717) is 0 Å². The number of aromatic nitrogens is 1. The van der Waals surface area contributed by atoms with Gasteiger partial charge in [-0.15, -0.1) is 0 Å². The van der Waals surface area contributed by atoms with Crippen LogP contribution in [0.1, 0.15) is 40.3 Å². The summed E-state index contributed by atoms with van der Waals surface area (Å²) in [5, 5.41) is 3.33. The fourth-order valence-electron chi connectivity index (χ4n) is 3.17. The molecule has 0 saturated carbocycles. The van der Waals surface area contributed by atoms with Gasteiger partial charge in [0.25, 0.3) is 0 Å². The van der Waals surface area contributed by atoms with E-state index in [1.165, 1.54) is 0 Å². The smallest absolute Gasteiger partial charge is 0.0760 e. The average Bonchev–Trinajstić information content (AvgIpc) is 2.25. The summed E-state index contributed by atoms with van der Waals surface area (Å²) in [5.74, 6) is 0. The number of rotatable bonds is 4.